The number of nitrogens with zero attached hydrogens (tertiary/aromatic N) is 3. The topological polar surface area (TPSA) is 97.2 Å². The number of carboxylic acid groups (broad SMARTS) is 1. The molecule has 6 aromatic rings. The van der Waals surface area contributed by atoms with Gasteiger partial charge in [-0.05, 0) is 93.4 Å². The minimum atomic E-state index is -1.17. The summed E-state index contributed by atoms with van der Waals surface area (Å²) in [6, 6.07) is 23.5. The number of ether oxygens (including phenoxy) is 1. The van der Waals surface area contributed by atoms with Crippen LogP contribution in [0.3, 0.4) is 0 Å². The molecule has 3 heterocycles. The third-order valence-corrected chi connectivity index (χ3v) is 8.66. The number of anilines is 1. The number of halogens is 1. The summed E-state index contributed by atoms with van der Waals surface area (Å²) in [7, 11) is 1.85. The molecule has 0 saturated heterocycles. The molecule has 3 aromatic carbocycles. The first-order valence-electron chi connectivity index (χ1n) is 14.2. The van der Waals surface area contributed by atoms with Crippen LogP contribution in [0, 0.1) is 6.92 Å². The molecule has 3 aromatic heterocycles. The summed E-state index contributed by atoms with van der Waals surface area (Å²) < 4.78 is 7.02. The summed E-state index contributed by atoms with van der Waals surface area (Å²) in [6.45, 7) is 7.48. The van der Waals surface area contributed by atoms with Crippen molar-refractivity contribution >= 4 is 55.8 Å². The summed E-state index contributed by atoms with van der Waals surface area (Å²) in [4.78, 5) is 27.0. The number of rotatable bonds is 7. The van der Waals surface area contributed by atoms with E-state index < -0.39 is 17.7 Å². The molecule has 0 saturated carbocycles. The lowest BCUT2D eigenvalue weighted by molar-refractivity contribution is -0.160. The van der Waals surface area contributed by atoms with Crippen LogP contribution < -0.4 is 5.32 Å². The Hall–Kier alpha value is -4.37. The van der Waals surface area contributed by atoms with Gasteiger partial charge in [0.05, 0.1) is 27.0 Å². The Balaban J connectivity index is 1.50. The van der Waals surface area contributed by atoms with Gasteiger partial charge in [0.25, 0.3) is 0 Å². The average Bonchev–Trinajstić information content (AvgIpc) is 3.42. The van der Waals surface area contributed by atoms with Crippen LogP contribution in [0.1, 0.15) is 38.0 Å². The van der Waals surface area contributed by atoms with Crippen molar-refractivity contribution < 1.29 is 14.6 Å². The fourth-order valence-corrected chi connectivity index (χ4v) is 6.55. The van der Waals surface area contributed by atoms with Crippen LogP contribution in [0.15, 0.2) is 79.0 Å². The molecule has 0 spiro atoms. The second kappa shape index (κ2) is 11.6. The normalized spacial score (nSPS) is 12.5. The summed E-state index contributed by atoms with van der Waals surface area (Å²) in [5.74, 6) is -0.230. The highest BCUT2D eigenvalue weighted by Gasteiger charge is 2.32. The standard InChI is InChI=1S/C35H31ClN4O3S/c1-19-16-27-32(30(20-6-10-24(36)11-7-20)29(19)31(34(41)42)43-35(2,3)4)44-33(40-27)23-14-15-38-26(18-23)22-8-12-25-21(17-22)9-13-28(37-5)39-25/h6-18,31H,1-5H3,(H,37,39)(H,41,42). The first-order chi connectivity index (χ1) is 21.0. The average molecular weight is 623 g/mol. The number of fused-ring (bicyclic) bond motifs is 2. The number of benzene rings is 3. The lowest BCUT2D eigenvalue weighted by Gasteiger charge is -2.28. The van der Waals surface area contributed by atoms with Gasteiger partial charge in [0.15, 0.2) is 6.10 Å². The van der Waals surface area contributed by atoms with Crippen molar-refractivity contribution in [2.45, 2.75) is 39.4 Å². The Kier molecular flexibility index (Phi) is 7.84. The number of carboxylic acids is 1. The number of nitrogens with one attached hydrogen (secondary N) is 1. The number of aliphatic carboxylic acids is 1. The molecule has 0 fully saturated rings. The maximum absolute atomic E-state index is 12.6. The highest BCUT2D eigenvalue weighted by atomic mass is 35.5. The molecule has 1 atom stereocenters. The van der Waals surface area contributed by atoms with Gasteiger partial charge in [-0.2, -0.15) is 0 Å². The molecule has 0 aliphatic carbocycles. The Morgan fingerprint density at radius 2 is 1.68 bits per heavy atom. The van der Waals surface area contributed by atoms with E-state index in [2.05, 4.69) is 21.4 Å². The Morgan fingerprint density at radius 1 is 0.932 bits per heavy atom. The molecular weight excluding hydrogens is 592 g/mol. The van der Waals surface area contributed by atoms with Crippen molar-refractivity contribution in [3.8, 4) is 33.0 Å². The molecule has 1 unspecified atom stereocenters. The Labute approximate surface area is 264 Å². The van der Waals surface area contributed by atoms with Gasteiger partial charge in [0.1, 0.15) is 10.8 Å². The van der Waals surface area contributed by atoms with Gasteiger partial charge in [0, 0.05) is 45.9 Å². The van der Waals surface area contributed by atoms with E-state index in [0.717, 1.165) is 65.5 Å². The van der Waals surface area contributed by atoms with Crippen molar-refractivity contribution in [1.82, 2.24) is 15.0 Å². The predicted octanol–water partition coefficient (Wildman–Crippen LogP) is 9.18. The Bertz CT molecular complexity index is 2030. The number of hydrogen-bond donors (Lipinski definition) is 2. The summed E-state index contributed by atoms with van der Waals surface area (Å²) >= 11 is 7.76. The minimum Gasteiger partial charge on any atom is -0.479 e. The van der Waals surface area contributed by atoms with Gasteiger partial charge in [-0.1, -0.05) is 29.8 Å². The molecule has 222 valence electrons. The molecule has 0 radical (unpaired) electrons. The van der Waals surface area contributed by atoms with Crippen molar-refractivity contribution in [1.29, 1.82) is 0 Å². The molecule has 0 amide bonds. The first-order valence-corrected chi connectivity index (χ1v) is 15.4. The molecular formula is C35H31ClN4O3S. The third kappa shape index (κ3) is 5.88. The van der Waals surface area contributed by atoms with Gasteiger partial charge in [-0.3, -0.25) is 4.98 Å². The lowest BCUT2D eigenvalue weighted by Crippen LogP contribution is -2.28. The Morgan fingerprint density at radius 3 is 2.39 bits per heavy atom. The minimum absolute atomic E-state index is 0.598. The molecule has 0 bridgehead atoms. The van der Waals surface area contributed by atoms with Crippen LogP contribution in [-0.4, -0.2) is 38.7 Å². The summed E-state index contributed by atoms with van der Waals surface area (Å²) in [5, 5.41) is 15.8. The summed E-state index contributed by atoms with van der Waals surface area (Å²) in [5.41, 5.74) is 6.75. The van der Waals surface area contributed by atoms with Crippen LogP contribution in [0.5, 0.6) is 0 Å². The zero-order valence-electron chi connectivity index (χ0n) is 25.0. The van der Waals surface area contributed by atoms with Gasteiger partial charge < -0.3 is 15.2 Å². The SMILES string of the molecule is CNc1ccc2cc(-c3cc(-c4nc5cc(C)c(C(OC(C)(C)C)C(=O)O)c(-c6ccc(Cl)cc6)c5s4)ccn3)ccc2n1. The van der Waals surface area contributed by atoms with E-state index in [0.29, 0.717) is 10.6 Å². The number of aromatic nitrogens is 3. The molecule has 44 heavy (non-hydrogen) atoms. The lowest BCUT2D eigenvalue weighted by atomic mass is 9.91. The first kappa shape index (κ1) is 29.7. The molecule has 0 aliphatic rings. The van der Waals surface area contributed by atoms with Crippen molar-refractivity contribution in [2.24, 2.45) is 0 Å². The monoisotopic (exact) mass is 622 g/mol. The number of aryl methyl sites for hydroxylation is 1. The number of pyridine rings is 2. The zero-order chi connectivity index (χ0) is 31.2. The van der Waals surface area contributed by atoms with Crippen molar-refractivity contribution in [3.63, 3.8) is 0 Å². The van der Waals surface area contributed by atoms with Crippen LogP contribution in [0.2, 0.25) is 5.02 Å². The maximum atomic E-state index is 12.6. The van der Waals surface area contributed by atoms with Crippen LogP contribution >= 0.6 is 22.9 Å². The number of carbonyl (C=O) groups is 1. The highest BCUT2D eigenvalue weighted by Crippen LogP contribution is 2.44. The van der Waals surface area contributed by atoms with E-state index in [9.17, 15) is 9.90 Å². The fourth-order valence-electron chi connectivity index (χ4n) is 5.31. The van der Waals surface area contributed by atoms with Gasteiger partial charge in [-0.15, -0.1) is 11.3 Å². The highest BCUT2D eigenvalue weighted by molar-refractivity contribution is 7.22. The van der Waals surface area contributed by atoms with Crippen LogP contribution in [0.4, 0.5) is 5.82 Å². The summed E-state index contributed by atoms with van der Waals surface area (Å²) in [6.07, 6.45) is 0.618. The smallest absolute Gasteiger partial charge is 0.337 e. The van der Waals surface area contributed by atoms with Crippen molar-refractivity contribution in [2.75, 3.05) is 12.4 Å². The fraction of sp³-hybridized carbons (Fsp3) is 0.200. The number of thiazole rings is 1. The molecule has 9 heteroatoms. The van der Waals surface area contributed by atoms with Gasteiger partial charge >= 0.3 is 5.97 Å². The van der Waals surface area contributed by atoms with Crippen LogP contribution in [-0.2, 0) is 9.53 Å². The van der Waals surface area contributed by atoms with E-state index in [1.54, 1.807) is 6.20 Å². The van der Waals surface area contributed by atoms with E-state index in [-0.39, 0.29) is 0 Å². The molecule has 2 N–H and O–H groups in total. The molecule has 6 rings (SSSR count). The van der Waals surface area contributed by atoms with E-state index in [4.69, 9.17) is 21.3 Å². The van der Waals surface area contributed by atoms with Gasteiger partial charge in [0.2, 0.25) is 0 Å². The van der Waals surface area contributed by atoms with Gasteiger partial charge in [-0.25, -0.2) is 14.8 Å². The quantitative estimate of drug-likeness (QED) is 0.183. The third-order valence-electron chi connectivity index (χ3n) is 7.27. The van der Waals surface area contributed by atoms with Crippen LogP contribution in [0.25, 0.3) is 54.1 Å². The maximum Gasteiger partial charge on any atom is 0.337 e. The van der Waals surface area contributed by atoms with E-state index in [1.807, 2.05) is 101 Å². The second-order valence-corrected chi connectivity index (χ2v) is 13.0. The van der Waals surface area contributed by atoms with Crippen molar-refractivity contribution in [3.05, 3.63) is 95.1 Å². The molecule has 7 nitrogen and oxygen atoms in total. The molecule has 0 aliphatic heterocycles. The van der Waals surface area contributed by atoms with E-state index in [1.165, 1.54) is 11.3 Å². The second-order valence-electron chi connectivity index (χ2n) is 11.6. The zero-order valence-corrected chi connectivity index (χ0v) is 26.5. The largest absolute Gasteiger partial charge is 0.479 e. The number of hydrogen-bond acceptors (Lipinski definition) is 7. The van der Waals surface area contributed by atoms with E-state index >= 15 is 0 Å². The predicted molar refractivity (Wildman–Crippen MR) is 180 cm³/mol.